The Hall–Kier alpha value is -4.43. The second-order valence-corrected chi connectivity index (χ2v) is 19.2. The molecule has 2 atom stereocenters. The van der Waals surface area contributed by atoms with E-state index in [1.807, 2.05) is 55.7 Å². The molecule has 0 fully saturated rings. The molecule has 0 unspecified atom stereocenters. The number of nitrogens with one attached hydrogen (secondary N) is 2. The van der Waals surface area contributed by atoms with E-state index >= 15 is 4.39 Å². The summed E-state index contributed by atoms with van der Waals surface area (Å²) in [6.45, 7) is 5.25. The number of carbonyl (C=O) groups excluding carboxylic acids is 3. The molecule has 0 aliphatic heterocycles. The monoisotopic (exact) mass is 746 g/mol. The molecule has 3 rings (SSSR count). The summed E-state index contributed by atoms with van der Waals surface area (Å²) in [5.74, 6) is -2.84. The Balaban J connectivity index is 2.03. The summed E-state index contributed by atoms with van der Waals surface area (Å²) in [5.41, 5.74) is 1.20. The van der Waals surface area contributed by atoms with E-state index in [0.29, 0.717) is 23.6 Å². The van der Waals surface area contributed by atoms with Gasteiger partial charge in [0, 0.05) is 54.8 Å². The summed E-state index contributed by atoms with van der Waals surface area (Å²) in [4.78, 5) is 52.3. The molecular formula is C38H52F2N4O7S. The summed E-state index contributed by atoms with van der Waals surface area (Å²) in [6, 6.07) is 12.4. The summed E-state index contributed by atoms with van der Waals surface area (Å²) >= 11 is 0. The third-order valence-electron chi connectivity index (χ3n) is 8.30. The predicted octanol–water partition coefficient (Wildman–Crippen LogP) is 5.55. The Morgan fingerprint density at radius 2 is 1.71 bits per heavy atom. The minimum atomic E-state index is -1.18. The molecule has 4 N–H and O–H groups in total. The molecule has 3 aromatic rings. The lowest BCUT2D eigenvalue weighted by atomic mass is 9.82. The maximum Gasteiger partial charge on any atom is 0.407 e. The number of aliphatic hydroxyl groups is 1. The number of aromatic nitrogens is 1. The fourth-order valence-corrected chi connectivity index (χ4v) is 6.36. The van der Waals surface area contributed by atoms with Gasteiger partial charge in [-0.15, -0.1) is 0 Å². The number of nitrogens with zero attached hydrogens (tertiary/aromatic N) is 2. The Kier molecular flexibility index (Phi) is 15.2. The van der Waals surface area contributed by atoms with Gasteiger partial charge in [0.1, 0.15) is 30.9 Å². The number of rotatable bonds is 18. The SMILES string of the molecule is CC(C)(C)[C@H](c1cc(-c2cc(F)ccc2F)cn1Cc1ccccc1)N(CC[C@H](NC(=O)OCCS(C)(C)C)C(=O)NCCCC(=O)O)C(=O)CO. The van der Waals surface area contributed by atoms with Gasteiger partial charge in [-0.25, -0.2) is 23.6 Å². The molecule has 0 aliphatic rings. The van der Waals surface area contributed by atoms with Crippen molar-refractivity contribution in [2.75, 3.05) is 50.8 Å². The maximum atomic E-state index is 15.1. The minimum absolute atomic E-state index is 0.0381. The number of aliphatic carboxylic acids is 1. The zero-order valence-corrected chi connectivity index (χ0v) is 31.6. The molecule has 1 aromatic heterocycles. The van der Waals surface area contributed by atoms with Crippen LogP contribution < -0.4 is 10.6 Å². The van der Waals surface area contributed by atoms with E-state index in [1.54, 1.807) is 12.3 Å². The normalized spacial score (nSPS) is 13.2. The smallest absolute Gasteiger partial charge is 0.407 e. The highest BCUT2D eigenvalue weighted by molar-refractivity contribution is 8.32. The van der Waals surface area contributed by atoms with Gasteiger partial charge in [-0.2, -0.15) is 0 Å². The van der Waals surface area contributed by atoms with E-state index in [9.17, 15) is 28.7 Å². The van der Waals surface area contributed by atoms with Crippen LogP contribution >= 0.6 is 10.0 Å². The lowest BCUT2D eigenvalue weighted by molar-refractivity contribution is -0.140. The molecule has 0 saturated carbocycles. The zero-order chi connectivity index (χ0) is 38.6. The van der Waals surface area contributed by atoms with Crippen LogP contribution in [0.2, 0.25) is 0 Å². The van der Waals surface area contributed by atoms with E-state index in [-0.39, 0.29) is 44.5 Å². The number of hydrogen-bond acceptors (Lipinski definition) is 6. The van der Waals surface area contributed by atoms with Crippen LogP contribution in [0.4, 0.5) is 13.6 Å². The number of carboxylic acid groups (broad SMARTS) is 1. The first-order valence-electron chi connectivity index (χ1n) is 17.1. The molecule has 0 spiro atoms. The summed E-state index contributed by atoms with van der Waals surface area (Å²) in [6.07, 6.45) is 7.03. The van der Waals surface area contributed by atoms with Gasteiger partial charge in [-0.1, -0.05) is 51.1 Å². The first-order chi connectivity index (χ1) is 24.4. The quantitative estimate of drug-likeness (QED) is 0.125. The van der Waals surface area contributed by atoms with E-state index < -0.39 is 69.6 Å². The Bertz CT molecular complexity index is 1670. The molecule has 14 heteroatoms. The second-order valence-electron chi connectivity index (χ2n) is 14.6. The number of aliphatic hydroxyl groups excluding tert-OH is 1. The van der Waals surface area contributed by atoms with Crippen molar-refractivity contribution >= 4 is 33.9 Å². The number of amides is 3. The minimum Gasteiger partial charge on any atom is -0.481 e. The Morgan fingerprint density at radius 1 is 1.02 bits per heavy atom. The molecule has 0 radical (unpaired) electrons. The van der Waals surface area contributed by atoms with E-state index in [4.69, 9.17) is 9.84 Å². The molecule has 52 heavy (non-hydrogen) atoms. The molecule has 286 valence electrons. The third-order valence-corrected chi connectivity index (χ3v) is 9.69. The number of carbonyl (C=O) groups is 4. The van der Waals surface area contributed by atoms with Gasteiger partial charge in [-0.05, 0) is 66.9 Å². The lowest BCUT2D eigenvalue weighted by Crippen LogP contribution is -2.50. The van der Waals surface area contributed by atoms with Crippen LogP contribution in [0.5, 0.6) is 0 Å². The number of carboxylic acids is 1. The van der Waals surface area contributed by atoms with Gasteiger partial charge in [0.2, 0.25) is 11.8 Å². The van der Waals surface area contributed by atoms with E-state index in [0.717, 1.165) is 23.8 Å². The molecule has 11 nitrogen and oxygen atoms in total. The molecule has 2 aromatic carbocycles. The van der Waals surface area contributed by atoms with Crippen molar-refractivity contribution in [3.05, 3.63) is 83.7 Å². The molecular weight excluding hydrogens is 695 g/mol. The topological polar surface area (TPSA) is 150 Å². The van der Waals surface area contributed by atoms with Crippen LogP contribution in [0.25, 0.3) is 11.1 Å². The van der Waals surface area contributed by atoms with Crippen LogP contribution in [0.1, 0.15) is 57.3 Å². The molecule has 3 amide bonds. The Labute approximate surface area is 306 Å². The fraction of sp³-hybridized carbons (Fsp3) is 0.474. The molecule has 0 saturated heterocycles. The molecule has 0 aliphatic carbocycles. The van der Waals surface area contributed by atoms with Gasteiger partial charge in [0.05, 0.1) is 6.04 Å². The third kappa shape index (κ3) is 13.0. The first kappa shape index (κ1) is 42.0. The van der Waals surface area contributed by atoms with Crippen molar-refractivity contribution in [2.24, 2.45) is 5.41 Å². The lowest BCUT2D eigenvalue weighted by Gasteiger charge is -2.41. The van der Waals surface area contributed by atoms with Gasteiger partial charge in [-0.3, -0.25) is 14.4 Å². The second kappa shape index (κ2) is 18.9. The standard InChI is InChI=1S/C38H52F2N4O7S/c1-38(2,3)35(32-21-27(29-22-28(39)14-15-30(29)40)24-43(32)23-26-11-8-7-9-12-26)44(33(46)25-45)18-16-31(36(49)41-17-10-13-34(47)48)42-37(50)51-19-20-52(4,5)6/h7-9,11-12,14-15,21-22,24,31,35,45H,10,13,16-20,23,25H2,1-6H3,(H,41,49)(H,42,50)(H,47,48)/t31-,35-/m0/s1. The van der Waals surface area contributed by atoms with Gasteiger partial charge in [0.15, 0.2) is 0 Å². The van der Waals surface area contributed by atoms with Crippen LogP contribution in [0.15, 0.2) is 60.8 Å². The van der Waals surface area contributed by atoms with Gasteiger partial charge in [0.25, 0.3) is 0 Å². The van der Waals surface area contributed by atoms with Crippen molar-refractivity contribution < 1.29 is 42.9 Å². The number of halogens is 2. The number of ether oxygens (including phenoxy) is 1. The summed E-state index contributed by atoms with van der Waals surface area (Å²) in [5, 5.41) is 24.4. The van der Waals surface area contributed by atoms with Crippen molar-refractivity contribution in [3.63, 3.8) is 0 Å². The molecule has 0 bridgehead atoms. The Morgan fingerprint density at radius 3 is 2.33 bits per heavy atom. The summed E-state index contributed by atoms with van der Waals surface area (Å²) < 4.78 is 36.7. The van der Waals surface area contributed by atoms with Crippen molar-refractivity contribution in [3.8, 4) is 11.1 Å². The highest BCUT2D eigenvalue weighted by atomic mass is 32.3. The van der Waals surface area contributed by atoms with Crippen LogP contribution in [0.3, 0.4) is 0 Å². The number of alkyl carbamates (subject to hydrolysis) is 1. The summed E-state index contributed by atoms with van der Waals surface area (Å²) in [7, 11) is -0.956. The number of hydrogen-bond donors (Lipinski definition) is 4. The van der Waals surface area contributed by atoms with Crippen molar-refractivity contribution in [1.82, 2.24) is 20.1 Å². The fourth-order valence-electron chi connectivity index (χ4n) is 5.78. The largest absolute Gasteiger partial charge is 0.481 e. The average molecular weight is 747 g/mol. The highest BCUT2D eigenvalue weighted by Crippen LogP contribution is 2.41. The van der Waals surface area contributed by atoms with E-state index in [1.165, 1.54) is 4.90 Å². The first-order valence-corrected chi connectivity index (χ1v) is 20.1. The van der Waals surface area contributed by atoms with Crippen LogP contribution in [0, 0.1) is 17.0 Å². The zero-order valence-electron chi connectivity index (χ0n) is 30.8. The van der Waals surface area contributed by atoms with E-state index in [2.05, 4.69) is 29.4 Å². The molecule has 1 heterocycles. The van der Waals surface area contributed by atoms with Crippen LogP contribution in [-0.2, 0) is 25.7 Å². The highest BCUT2D eigenvalue weighted by Gasteiger charge is 2.38. The predicted molar refractivity (Wildman–Crippen MR) is 199 cm³/mol. The van der Waals surface area contributed by atoms with Crippen LogP contribution in [-0.4, -0.2) is 100 Å². The van der Waals surface area contributed by atoms with Gasteiger partial charge < -0.3 is 35.1 Å². The maximum absolute atomic E-state index is 15.1. The number of benzene rings is 2. The average Bonchev–Trinajstić information content (AvgIpc) is 3.46. The van der Waals surface area contributed by atoms with Gasteiger partial charge >= 0.3 is 12.1 Å². The van der Waals surface area contributed by atoms with Crippen molar-refractivity contribution in [2.45, 2.75) is 58.7 Å². The van der Waals surface area contributed by atoms with Crippen molar-refractivity contribution in [1.29, 1.82) is 0 Å².